The monoisotopic (exact) mass is 365 g/mol. The van der Waals surface area contributed by atoms with Crippen LogP contribution in [-0.4, -0.2) is 26.6 Å². The van der Waals surface area contributed by atoms with E-state index in [1.165, 1.54) is 0 Å². The fourth-order valence-corrected chi connectivity index (χ4v) is 2.04. The topological polar surface area (TPSA) is 70.8 Å². The lowest BCUT2D eigenvalue weighted by Crippen LogP contribution is -2.19. The molecule has 0 aliphatic heterocycles. The molecule has 0 radical (unpaired) electrons. The van der Waals surface area contributed by atoms with Crippen molar-refractivity contribution in [3.63, 3.8) is 0 Å². The SMILES string of the molecule is COCOCC[C@@H](OC(N)=O)c1cccc(I)c1. The van der Waals surface area contributed by atoms with Gasteiger partial charge >= 0.3 is 6.09 Å². The van der Waals surface area contributed by atoms with Gasteiger partial charge in [0.15, 0.2) is 0 Å². The van der Waals surface area contributed by atoms with E-state index in [9.17, 15) is 4.79 Å². The van der Waals surface area contributed by atoms with Crippen LogP contribution in [-0.2, 0) is 14.2 Å². The number of amides is 1. The third kappa shape index (κ3) is 5.65. The number of carbonyl (C=O) groups is 1. The fourth-order valence-electron chi connectivity index (χ4n) is 1.47. The number of methoxy groups -OCH3 is 1. The summed E-state index contributed by atoms with van der Waals surface area (Å²) in [6.45, 7) is 0.646. The van der Waals surface area contributed by atoms with Crippen molar-refractivity contribution in [2.24, 2.45) is 5.73 Å². The van der Waals surface area contributed by atoms with Gasteiger partial charge in [0.2, 0.25) is 0 Å². The molecule has 1 aromatic rings. The number of hydrogen-bond acceptors (Lipinski definition) is 4. The number of rotatable bonds is 7. The minimum Gasteiger partial charge on any atom is -0.441 e. The molecular weight excluding hydrogens is 349 g/mol. The lowest BCUT2D eigenvalue weighted by atomic mass is 10.1. The van der Waals surface area contributed by atoms with Crippen LogP contribution in [0.25, 0.3) is 0 Å². The quantitative estimate of drug-likeness (QED) is 0.458. The van der Waals surface area contributed by atoms with Gasteiger partial charge in [0.25, 0.3) is 0 Å². The Kier molecular flexibility index (Phi) is 6.99. The molecule has 0 heterocycles. The van der Waals surface area contributed by atoms with Crippen molar-refractivity contribution in [3.8, 4) is 0 Å². The van der Waals surface area contributed by atoms with Crippen LogP contribution in [0.5, 0.6) is 0 Å². The number of hydrogen-bond donors (Lipinski definition) is 1. The molecule has 0 saturated heterocycles. The van der Waals surface area contributed by atoms with E-state index in [2.05, 4.69) is 22.6 Å². The highest BCUT2D eigenvalue weighted by molar-refractivity contribution is 14.1. The molecule has 0 saturated carbocycles. The molecule has 1 rings (SSSR count). The van der Waals surface area contributed by atoms with Crippen LogP contribution in [0, 0.1) is 3.57 Å². The number of nitrogens with two attached hydrogens (primary N) is 1. The van der Waals surface area contributed by atoms with E-state index >= 15 is 0 Å². The van der Waals surface area contributed by atoms with E-state index in [1.54, 1.807) is 7.11 Å². The van der Waals surface area contributed by atoms with E-state index in [0.29, 0.717) is 13.0 Å². The second kappa shape index (κ2) is 8.28. The van der Waals surface area contributed by atoms with Crippen LogP contribution in [0.2, 0.25) is 0 Å². The molecule has 2 N–H and O–H groups in total. The highest BCUT2D eigenvalue weighted by Gasteiger charge is 2.15. The Balaban J connectivity index is 2.62. The van der Waals surface area contributed by atoms with Crippen molar-refractivity contribution >= 4 is 28.7 Å². The summed E-state index contributed by atoms with van der Waals surface area (Å²) in [5.74, 6) is 0. The summed E-state index contributed by atoms with van der Waals surface area (Å²) in [5, 5.41) is 0. The zero-order valence-corrected chi connectivity index (χ0v) is 12.3. The van der Waals surface area contributed by atoms with Crippen molar-refractivity contribution in [3.05, 3.63) is 33.4 Å². The molecule has 0 fully saturated rings. The summed E-state index contributed by atoms with van der Waals surface area (Å²) < 4.78 is 16.1. The van der Waals surface area contributed by atoms with Crippen LogP contribution in [0.3, 0.4) is 0 Å². The normalized spacial score (nSPS) is 12.1. The Labute approximate surface area is 120 Å². The van der Waals surface area contributed by atoms with E-state index in [1.807, 2.05) is 24.3 Å². The lowest BCUT2D eigenvalue weighted by molar-refractivity contribution is -0.0407. The number of primary amides is 1. The number of halogens is 1. The standard InChI is InChI=1S/C12H16INO4/c1-16-8-17-6-5-11(18-12(14)15)9-3-2-4-10(13)7-9/h2-4,7,11H,5-6,8H2,1H3,(H2,14,15)/t11-/m1/s1. The first-order valence-electron chi connectivity index (χ1n) is 5.41. The molecule has 0 spiro atoms. The van der Waals surface area contributed by atoms with E-state index in [0.717, 1.165) is 9.13 Å². The maximum absolute atomic E-state index is 10.9. The van der Waals surface area contributed by atoms with Crippen LogP contribution in [0.1, 0.15) is 18.1 Å². The predicted octanol–water partition coefficient (Wildman–Crippen LogP) is 2.44. The maximum atomic E-state index is 10.9. The third-order valence-corrected chi connectivity index (χ3v) is 2.88. The average Bonchev–Trinajstić information content (AvgIpc) is 2.32. The van der Waals surface area contributed by atoms with E-state index in [4.69, 9.17) is 19.9 Å². The Morgan fingerprint density at radius 1 is 1.50 bits per heavy atom. The van der Waals surface area contributed by atoms with Gasteiger partial charge in [-0.3, -0.25) is 0 Å². The number of ether oxygens (including phenoxy) is 3. The van der Waals surface area contributed by atoms with Crippen molar-refractivity contribution in [1.29, 1.82) is 0 Å². The summed E-state index contributed by atoms with van der Waals surface area (Å²) >= 11 is 2.20. The Morgan fingerprint density at radius 3 is 2.89 bits per heavy atom. The Hall–Kier alpha value is -0.860. The summed E-state index contributed by atoms with van der Waals surface area (Å²) in [6.07, 6.45) is -0.647. The van der Waals surface area contributed by atoms with Crippen LogP contribution < -0.4 is 5.73 Å². The molecule has 1 aromatic carbocycles. The smallest absolute Gasteiger partial charge is 0.405 e. The van der Waals surface area contributed by atoms with Gasteiger partial charge in [0.05, 0.1) is 6.61 Å². The van der Waals surface area contributed by atoms with Crippen molar-refractivity contribution in [2.45, 2.75) is 12.5 Å². The Morgan fingerprint density at radius 2 is 2.28 bits per heavy atom. The summed E-state index contributed by atoms with van der Waals surface area (Å²) in [4.78, 5) is 10.9. The van der Waals surface area contributed by atoms with Crippen LogP contribution >= 0.6 is 22.6 Å². The molecule has 0 aliphatic rings. The van der Waals surface area contributed by atoms with Gasteiger partial charge in [-0.1, -0.05) is 12.1 Å². The lowest BCUT2D eigenvalue weighted by Gasteiger charge is -2.17. The van der Waals surface area contributed by atoms with Gasteiger partial charge in [-0.2, -0.15) is 0 Å². The molecule has 0 bridgehead atoms. The van der Waals surface area contributed by atoms with Gasteiger partial charge in [-0.25, -0.2) is 4.79 Å². The second-order valence-electron chi connectivity index (χ2n) is 3.58. The highest BCUT2D eigenvalue weighted by Crippen LogP contribution is 2.22. The fraction of sp³-hybridized carbons (Fsp3) is 0.417. The largest absolute Gasteiger partial charge is 0.441 e. The molecule has 5 nitrogen and oxygen atoms in total. The molecule has 0 aliphatic carbocycles. The molecule has 18 heavy (non-hydrogen) atoms. The van der Waals surface area contributed by atoms with Crippen molar-refractivity contribution < 1.29 is 19.0 Å². The maximum Gasteiger partial charge on any atom is 0.405 e. The molecular formula is C12H16INO4. The molecule has 1 atom stereocenters. The summed E-state index contributed by atoms with van der Waals surface area (Å²) in [6, 6.07) is 7.72. The number of benzene rings is 1. The first-order chi connectivity index (χ1) is 8.63. The van der Waals surface area contributed by atoms with E-state index in [-0.39, 0.29) is 6.79 Å². The van der Waals surface area contributed by atoms with Gasteiger partial charge in [-0.15, -0.1) is 0 Å². The third-order valence-electron chi connectivity index (χ3n) is 2.20. The molecule has 100 valence electrons. The van der Waals surface area contributed by atoms with Crippen LogP contribution in [0.4, 0.5) is 4.79 Å². The summed E-state index contributed by atoms with van der Waals surface area (Å²) in [7, 11) is 1.55. The van der Waals surface area contributed by atoms with Crippen molar-refractivity contribution in [1.82, 2.24) is 0 Å². The second-order valence-corrected chi connectivity index (χ2v) is 4.83. The average molecular weight is 365 g/mol. The molecule has 0 unspecified atom stereocenters. The molecule has 1 amide bonds. The minimum atomic E-state index is -0.786. The Bertz CT molecular complexity index is 386. The zero-order valence-electron chi connectivity index (χ0n) is 10.1. The van der Waals surface area contributed by atoms with Crippen LogP contribution in [0.15, 0.2) is 24.3 Å². The highest BCUT2D eigenvalue weighted by atomic mass is 127. The minimum absolute atomic E-state index is 0.218. The molecule has 0 aromatic heterocycles. The first-order valence-corrected chi connectivity index (χ1v) is 6.49. The predicted molar refractivity (Wildman–Crippen MR) is 75.0 cm³/mol. The molecule has 6 heteroatoms. The zero-order chi connectivity index (χ0) is 13.4. The van der Waals surface area contributed by atoms with Gasteiger partial charge < -0.3 is 19.9 Å². The summed E-state index contributed by atoms with van der Waals surface area (Å²) in [5.41, 5.74) is 5.97. The van der Waals surface area contributed by atoms with Crippen molar-refractivity contribution in [2.75, 3.05) is 20.5 Å². The van der Waals surface area contributed by atoms with Gasteiger partial charge in [-0.05, 0) is 40.3 Å². The van der Waals surface area contributed by atoms with Gasteiger partial charge in [0.1, 0.15) is 12.9 Å². The number of carbonyl (C=O) groups excluding carboxylic acids is 1. The van der Waals surface area contributed by atoms with Gasteiger partial charge in [0, 0.05) is 17.1 Å². The van der Waals surface area contributed by atoms with E-state index < -0.39 is 12.2 Å². The first kappa shape index (κ1) is 15.2.